The molecule has 0 aliphatic rings. The Morgan fingerprint density at radius 3 is 2.69 bits per heavy atom. The zero-order chi connectivity index (χ0) is 9.84. The predicted octanol–water partition coefficient (Wildman–Crippen LogP) is 3.11. The molecule has 69 valence electrons. The number of ether oxygens (including phenoxy) is 1. The van der Waals surface area contributed by atoms with Crippen molar-refractivity contribution in [1.29, 1.82) is 0 Å². The maximum absolute atomic E-state index is 5.22. The molecule has 1 heteroatoms. The molecule has 0 amide bonds. The minimum atomic E-state index is 0.134. The van der Waals surface area contributed by atoms with Crippen LogP contribution in [0.3, 0.4) is 0 Å². The average molecular weight is 175 g/mol. The van der Waals surface area contributed by atoms with E-state index in [2.05, 4.69) is 19.6 Å². The summed E-state index contributed by atoms with van der Waals surface area (Å²) in [5.41, 5.74) is 2.28. The first kappa shape index (κ1) is 9.85. The molecule has 0 aliphatic carbocycles. The molecule has 1 radical (unpaired) electrons. The minimum absolute atomic E-state index is 0.134. The Morgan fingerprint density at radius 1 is 1.46 bits per heavy atom. The molecular weight excluding hydrogens is 160 g/mol. The van der Waals surface area contributed by atoms with Gasteiger partial charge in [-0.15, -0.1) is 6.58 Å². The molecule has 1 unspecified atom stereocenters. The van der Waals surface area contributed by atoms with Crippen molar-refractivity contribution in [3.63, 3.8) is 0 Å². The summed E-state index contributed by atoms with van der Waals surface area (Å²) in [6.45, 7) is 9.69. The molecule has 1 atom stereocenters. The van der Waals surface area contributed by atoms with Gasteiger partial charge in [0.25, 0.3) is 0 Å². The lowest BCUT2D eigenvalue weighted by Gasteiger charge is -2.10. The molecule has 1 rings (SSSR count). The van der Waals surface area contributed by atoms with Crippen molar-refractivity contribution >= 4 is 0 Å². The van der Waals surface area contributed by atoms with E-state index in [1.807, 2.05) is 25.1 Å². The van der Waals surface area contributed by atoms with Crippen molar-refractivity contribution in [1.82, 2.24) is 0 Å². The summed E-state index contributed by atoms with van der Waals surface area (Å²) in [5, 5.41) is 0. The van der Waals surface area contributed by atoms with Gasteiger partial charge in [0, 0.05) is 5.92 Å². The molecule has 0 fully saturated rings. The molecule has 0 saturated heterocycles. The van der Waals surface area contributed by atoms with Gasteiger partial charge in [-0.2, -0.15) is 0 Å². The quantitative estimate of drug-likeness (QED) is 0.641. The molecule has 13 heavy (non-hydrogen) atoms. The van der Waals surface area contributed by atoms with Crippen LogP contribution in [0.2, 0.25) is 0 Å². The molecule has 0 N–H and O–H groups in total. The summed E-state index contributed by atoms with van der Waals surface area (Å²) < 4.78 is 5.22. The lowest BCUT2D eigenvalue weighted by molar-refractivity contribution is 0.411. The van der Waals surface area contributed by atoms with E-state index in [1.54, 1.807) is 7.11 Å². The topological polar surface area (TPSA) is 9.23 Å². The third kappa shape index (κ3) is 2.11. The highest BCUT2D eigenvalue weighted by Crippen LogP contribution is 2.24. The van der Waals surface area contributed by atoms with E-state index in [1.165, 1.54) is 0 Å². The highest BCUT2D eigenvalue weighted by molar-refractivity contribution is 5.39. The van der Waals surface area contributed by atoms with Gasteiger partial charge in [0.2, 0.25) is 0 Å². The number of rotatable bonds is 3. The van der Waals surface area contributed by atoms with E-state index < -0.39 is 0 Å². The maximum atomic E-state index is 5.22. The molecule has 0 spiro atoms. The Kier molecular flexibility index (Phi) is 3.13. The minimum Gasteiger partial charge on any atom is -0.496 e. The first-order valence-corrected chi connectivity index (χ1v) is 4.29. The van der Waals surface area contributed by atoms with Gasteiger partial charge in [-0.3, -0.25) is 0 Å². The number of methoxy groups -OCH3 is 1. The summed E-state index contributed by atoms with van der Waals surface area (Å²) >= 11 is 0. The number of benzene rings is 1. The van der Waals surface area contributed by atoms with Crippen LogP contribution in [0, 0.1) is 13.8 Å². The first-order chi connectivity index (χ1) is 6.19. The molecule has 1 aromatic carbocycles. The van der Waals surface area contributed by atoms with Gasteiger partial charge in [-0.1, -0.05) is 18.2 Å². The Hall–Kier alpha value is -1.24. The zero-order valence-corrected chi connectivity index (χ0v) is 8.21. The summed E-state index contributed by atoms with van der Waals surface area (Å²) in [5.74, 6) is 1.04. The van der Waals surface area contributed by atoms with Crippen LogP contribution in [0.1, 0.15) is 17.0 Å². The second-order valence-corrected chi connectivity index (χ2v) is 3.07. The van der Waals surface area contributed by atoms with Crippen LogP contribution >= 0.6 is 0 Å². The van der Waals surface area contributed by atoms with Gasteiger partial charge in [0.05, 0.1) is 7.11 Å². The van der Waals surface area contributed by atoms with E-state index >= 15 is 0 Å². The van der Waals surface area contributed by atoms with Crippen molar-refractivity contribution in [3.8, 4) is 5.75 Å². The largest absolute Gasteiger partial charge is 0.496 e. The SMILES string of the molecule is [CH2]C(C=C)c1ccc(C)c(OC)c1. The third-order valence-corrected chi connectivity index (χ3v) is 2.14. The maximum Gasteiger partial charge on any atom is 0.122 e. The Balaban J connectivity index is 3.05. The van der Waals surface area contributed by atoms with Crippen LogP contribution in [-0.4, -0.2) is 7.11 Å². The van der Waals surface area contributed by atoms with Gasteiger partial charge in [0.15, 0.2) is 0 Å². The summed E-state index contributed by atoms with van der Waals surface area (Å²) in [6, 6.07) is 6.10. The summed E-state index contributed by atoms with van der Waals surface area (Å²) in [6.07, 6.45) is 1.82. The zero-order valence-electron chi connectivity index (χ0n) is 8.21. The normalized spacial score (nSPS) is 12.2. The monoisotopic (exact) mass is 175 g/mol. The molecule has 0 heterocycles. The number of allylic oxidation sites excluding steroid dienone is 1. The fraction of sp³-hybridized carbons (Fsp3) is 0.250. The molecule has 0 bridgehead atoms. The van der Waals surface area contributed by atoms with Crippen LogP contribution in [0.25, 0.3) is 0 Å². The Morgan fingerprint density at radius 2 is 2.15 bits per heavy atom. The van der Waals surface area contributed by atoms with Crippen molar-refractivity contribution in [2.24, 2.45) is 0 Å². The third-order valence-electron chi connectivity index (χ3n) is 2.14. The first-order valence-electron chi connectivity index (χ1n) is 4.29. The molecule has 0 aromatic heterocycles. The highest BCUT2D eigenvalue weighted by Gasteiger charge is 2.04. The van der Waals surface area contributed by atoms with E-state index in [4.69, 9.17) is 4.74 Å². The van der Waals surface area contributed by atoms with Crippen molar-refractivity contribution in [3.05, 3.63) is 48.9 Å². The fourth-order valence-electron chi connectivity index (χ4n) is 1.20. The van der Waals surface area contributed by atoms with Crippen molar-refractivity contribution < 1.29 is 4.74 Å². The van der Waals surface area contributed by atoms with Crippen LogP contribution < -0.4 is 4.74 Å². The van der Waals surface area contributed by atoms with E-state index in [0.29, 0.717) is 0 Å². The summed E-state index contributed by atoms with van der Waals surface area (Å²) in [7, 11) is 1.68. The molecule has 0 aliphatic heterocycles. The lowest BCUT2D eigenvalue weighted by Crippen LogP contribution is -1.92. The van der Waals surface area contributed by atoms with Crippen molar-refractivity contribution in [2.45, 2.75) is 12.8 Å². The van der Waals surface area contributed by atoms with E-state index in [9.17, 15) is 0 Å². The van der Waals surface area contributed by atoms with Gasteiger partial charge in [-0.05, 0) is 31.0 Å². The number of hydrogen-bond donors (Lipinski definition) is 0. The van der Waals surface area contributed by atoms with Gasteiger partial charge >= 0.3 is 0 Å². The van der Waals surface area contributed by atoms with Crippen molar-refractivity contribution in [2.75, 3.05) is 7.11 Å². The van der Waals surface area contributed by atoms with Crippen LogP contribution in [0.5, 0.6) is 5.75 Å². The summed E-state index contributed by atoms with van der Waals surface area (Å²) in [4.78, 5) is 0. The van der Waals surface area contributed by atoms with Gasteiger partial charge in [-0.25, -0.2) is 0 Å². The molecular formula is C12H15O. The van der Waals surface area contributed by atoms with E-state index in [-0.39, 0.29) is 5.92 Å². The van der Waals surface area contributed by atoms with E-state index in [0.717, 1.165) is 16.9 Å². The molecule has 1 aromatic rings. The second-order valence-electron chi connectivity index (χ2n) is 3.07. The predicted molar refractivity (Wildman–Crippen MR) is 56.0 cm³/mol. The number of aryl methyl sites for hydroxylation is 1. The highest BCUT2D eigenvalue weighted by atomic mass is 16.5. The Labute approximate surface area is 80.0 Å². The van der Waals surface area contributed by atoms with Gasteiger partial charge in [0.1, 0.15) is 5.75 Å². The lowest BCUT2D eigenvalue weighted by atomic mass is 10.00. The smallest absolute Gasteiger partial charge is 0.122 e. The molecule has 1 nitrogen and oxygen atoms in total. The van der Waals surface area contributed by atoms with Crippen LogP contribution in [-0.2, 0) is 0 Å². The Bertz CT molecular complexity index is 302. The van der Waals surface area contributed by atoms with Gasteiger partial charge < -0.3 is 4.74 Å². The second kappa shape index (κ2) is 4.13. The molecule has 0 saturated carbocycles. The van der Waals surface area contributed by atoms with Crippen LogP contribution in [0.4, 0.5) is 0 Å². The number of hydrogen-bond acceptors (Lipinski definition) is 1. The standard InChI is InChI=1S/C12H15O/c1-5-9(2)11-7-6-10(3)12(8-11)13-4/h5-9H,1-2H2,3-4H3. The fourth-order valence-corrected chi connectivity index (χ4v) is 1.20. The average Bonchev–Trinajstić information content (AvgIpc) is 2.17. The van der Waals surface area contributed by atoms with Crippen LogP contribution in [0.15, 0.2) is 30.9 Å².